The predicted octanol–water partition coefficient (Wildman–Crippen LogP) is 1.63. The fraction of sp³-hybridized carbons (Fsp3) is 0.250. The third kappa shape index (κ3) is 2.02. The van der Waals surface area contributed by atoms with Crippen molar-refractivity contribution in [3.63, 3.8) is 0 Å². The summed E-state index contributed by atoms with van der Waals surface area (Å²) in [5, 5.41) is 3.99. The number of hydrogen-bond donors (Lipinski definition) is 2. The van der Waals surface area contributed by atoms with Crippen molar-refractivity contribution in [3.8, 4) is 0 Å². The van der Waals surface area contributed by atoms with Gasteiger partial charge in [-0.3, -0.25) is 0 Å². The van der Waals surface area contributed by atoms with Crippen LogP contribution in [0, 0.1) is 6.92 Å². The van der Waals surface area contributed by atoms with Gasteiger partial charge in [0.1, 0.15) is 5.76 Å². The van der Waals surface area contributed by atoms with Gasteiger partial charge in [0.25, 0.3) is 6.01 Å². The molecule has 0 amide bonds. The fourth-order valence-corrected chi connectivity index (χ4v) is 1.66. The topological polar surface area (TPSA) is 77.0 Å². The van der Waals surface area contributed by atoms with Crippen molar-refractivity contribution >= 4 is 22.5 Å². The van der Waals surface area contributed by atoms with E-state index in [9.17, 15) is 0 Å². The van der Waals surface area contributed by atoms with Crippen LogP contribution in [0.2, 0.25) is 0 Å². The lowest BCUT2D eigenvalue weighted by molar-refractivity contribution is 0.531. The molecule has 0 radical (unpaired) electrons. The highest BCUT2D eigenvalue weighted by molar-refractivity contribution is 7.15. The van der Waals surface area contributed by atoms with Crippen LogP contribution >= 0.6 is 11.3 Å². The zero-order valence-corrected chi connectivity index (χ0v) is 8.47. The van der Waals surface area contributed by atoms with Gasteiger partial charge in [-0.15, -0.1) is 11.3 Å². The van der Waals surface area contributed by atoms with Crippen LogP contribution in [0.4, 0.5) is 11.1 Å². The highest BCUT2D eigenvalue weighted by Gasteiger charge is 2.01. The number of anilines is 2. The lowest BCUT2D eigenvalue weighted by Crippen LogP contribution is -1.96. The first kappa shape index (κ1) is 9.01. The smallest absolute Gasteiger partial charge is 0.292 e. The molecule has 2 aromatic rings. The van der Waals surface area contributed by atoms with Gasteiger partial charge in [0.15, 0.2) is 5.13 Å². The van der Waals surface area contributed by atoms with Gasteiger partial charge < -0.3 is 15.5 Å². The Hall–Kier alpha value is -1.56. The molecule has 0 atom stereocenters. The Kier molecular flexibility index (Phi) is 2.36. The predicted molar refractivity (Wildman–Crippen MR) is 55.1 cm³/mol. The average molecular weight is 210 g/mol. The van der Waals surface area contributed by atoms with E-state index in [2.05, 4.69) is 15.3 Å². The number of thiazole rings is 1. The van der Waals surface area contributed by atoms with E-state index < -0.39 is 0 Å². The van der Waals surface area contributed by atoms with Gasteiger partial charge in [-0.2, -0.15) is 0 Å². The molecule has 0 unspecified atom stereocenters. The van der Waals surface area contributed by atoms with Crippen LogP contribution < -0.4 is 11.1 Å². The van der Waals surface area contributed by atoms with Crippen molar-refractivity contribution in [2.45, 2.75) is 13.5 Å². The van der Waals surface area contributed by atoms with Crippen molar-refractivity contribution < 1.29 is 4.42 Å². The van der Waals surface area contributed by atoms with Crippen LogP contribution in [-0.4, -0.2) is 9.97 Å². The van der Waals surface area contributed by atoms with Gasteiger partial charge in [0.2, 0.25) is 0 Å². The van der Waals surface area contributed by atoms with Gasteiger partial charge in [0, 0.05) is 11.1 Å². The summed E-state index contributed by atoms with van der Waals surface area (Å²) in [7, 11) is 0. The van der Waals surface area contributed by atoms with Crippen LogP contribution in [-0.2, 0) is 6.54 Å². The van der Waals surface area contributed by atoms with Crippen LogP contribution in [0.15, 0.2) is 16.8 Å². The van der Waals surface area contributed by atoms with E-state index >= 15 is 0 Å². The molecule has 0 aromatic carbocycles. The van der Waals surface area contributed by atoms with Crippen LogP contribution in [0.25, 0.3) is 0 Å². The molecule has 0 aliphatic rings. The maximum atomic E-state index is 5.33. The second-order valence-corrected chi connectivity index (χ2v) is 4.03. The minimum absolute atomic E-state index is 0.192. The molecule has 0 fully saturated rings. The summed E-state index contributed by atoms with van der Waals surface area (Å²) in [4.78, 5) is 9.11. The Morgan fingerprint density at radius 1 is 1.50 bits per heavy atom. The van der Waals surface area contributed by atoms with Gasteiger partial charge >= 0.3 is 0 Å². The SMILES string of the molecule is Cc1cnc(NCc2cnc(N)o2)s1. The maximum Gasteiger partial charge on any atom is 0.292 e. The molecule has 5 nitrogen and oxygen atoms in total. The largest absolute Gasteiger partial charge is 0.427 e. The number of nitrogens with two attached hydrogens (primary N) is 1. The Balaban J connectivity index is 1.94. The standard InChI is InChI=1S/C8H10N4OS/c1-5-2-11-8(14-5)12-4-6-3-10-7(9)13-6/h2-3H,4H2,1H3,(H2,9,10)(H,11,12). The van der Waals surface area contributed by atoms with Crippen LogP contribution in [0.3, 0.4) is 0 Å². The van der Waals surface area contributed by atoms with Crippen molar-refractivity contribution in [1.82, 2.24) is 9.97 Å². The van der Waals surface area contributed by atoms with Crippen LogP contribution in [0.1, 0.15) is 10.6 Å². The van der Waals surface area contributed by atoms with E-state index in [0.29, 0.717) is 12.3 Å². The summed E-state index contributed by atoms with van der Waals surface area (Å²) in [6, 6.07) is 0.192. The second kappa shape index (κ2) is 3.67. The molecule has 2 aromatic heterocycles. The van der Waals surface area contributed by atoms with Crippen LogP contribution in [0.5, 0.6) is 0 Å². The van der Waals surface area contributed by atoms with Crippen molar-refractivity contribution in [2.24, 2.45) is 0 Å². The summed E-state index contributed by atoms with van der Waals surface area (Å²) in [5.74, 6) is 0.704. The van der Waals surface area contributed by atoms with E-state index in [1.165, 1.54) is 4.88 Å². The number of aryl methyl sites for hydroxylation is 1. The normalized spacial score (nSPS) is 10.4. The molecule has 2 rings (SSSR count). The first-order chi connectivity index (χ1) is 6.74. The fourth-order valence-electron chi connectivity index (χ4n) is 1.00. The molecule has 0 saturated carbocycles. The third-order valence-corrected chi connectivity index (χ3v) is 2.48. The quantitative estimate of drug-likeness (QED) is 0.805. The third-order valence-electron chi connectivity index (χ3n) is 1.61. The van der Waals surface area contributed by atoms with E-state index in [-0.39, 0.29) is 6.01 Å². The van der Waals surface area contributed by atoms with E-state index in [4.69, 9.17) is 10.2 Å². The molecule has 6 heteroatoms. The number of nitrogens with zero attached hydrogens (tertiary/aromatic N) is 2. The Labute approximate surface area is 85.0 Å². The molecule has 2 heterocycles. The molecular formula is C8H10N4OS. The highest BCUT2D eigenvalue weighted by Crippen LogP contribution is 2.17. The molecule has 3 N–H and O–H groups in total. The number of nitrogens with one attached hydrogen (secondary N) is 1. The Bertz CT molecular complexity index is 382. The molecule has 0 aliphatic carbocycles. The molecule has 0 aliphatic heterocycles. The summed E-state index contributed by atoms with van der Waals surface area (Å²) >= 11 is 1.60. The van der Waals surface area contributed by atoms with Crippen molar-refractivity contribution in [2.75, 3.05) is 11.1 Å². The molecular weight excluding hydrogens is 200 g/mol. The first-order valence-corrected chi connectivity index (χ1v) is 4.92. The van der Waals surface area contributed by atoms with Gasteiger partial charge in [-0.05, 0) is 6.92 Å². The molecule has 14 heavy (non-hydrogen) atoms. The van der Waals surface area contributed by atoms with Crippen molar-refractivity contribution in [3.05, 3.63) is 23.0 Å². The van der Waals surface area contributed by atoms with Gasteiger partial charge in [-0.25, -0.2) is 9.97 Å². The Morgan fingerprint density at radius 3 is 2.93 bits per heavy atom. The molecule has 0 saturated heterocycles. The number of nitrogen functional groups attached to an aromatic ring is 1. The minimum atomic E-state index is 0.192. The summed E-state index contributed by atoms with van der Waals surface area (Å²) in [5.41, 5.74) is 5.33. The molecule has 74 valence electrons. The second-order valence-electron chi connectivity index (χ2n) is 2.79. The lowest BCUT2D eigenvalue weighted by atomic mass is 10.5. The number of oxazole rings is 1. The zero-order valence-electron chi connectivity index (χ0n) is 7.65. The number of aromatic nitrogens is 2. The Morgan fingerprint density at radius 2 is 2.36 bits per heavy atom. The highest BCUT2D eigenvalue weighted by atomic mass is 32.1. The monoisotopic (exact) mass is 210 g/mol. The zero-order chi connectivity index (χ0) is 9.97. The summed E-state index contributed by atoms with van der Waals surface area (Å²) in [6.45, 7) is 2.56. The van der Waals surface area contributed by atoms with Crippen molar-refractivity contribution in [1.29, 1.82) is 0 Å². The van der Waals surface area contributed by atoms with Gasteiger partial charge in [0.05, 0.1) is 12.7 Å². The average Bonchev–Trinajstić information content (AvgIpc) is 2.72. The maximum absolute atomic E-state index is 5.33. The summed E-state index contributed by atoms with van der Waals surface area (Å²) in [6.07, 6.45) is 3.42. The number of hydrogen-bond acceptors (Lipinski definition) is 6. The van der Waals surface area contributed by atoms with E-state index in [1.54, 1.807) is 17.5 Å². The number of rotatable bonds is 3. The van der Waals surface area contributed by atoms with E-state index in [1.807, 2.05) is 13.1 Å². The summed E-state index contributed by atoms with van der Waals surface area (Å²) < 4.78 is 5.09. The van der Waals surface area contributed by atoms with Gasteiger partial charge in [-0.1, -0.05) is 0 Å². The molecule has 0 spiro atoms. The molecule has 0 bridgehead atoms. The minimum Gasteiger partial charge on any atom is -0.427 e. The first-order valence-electron chi connectivity index (χ1n) is 4.10. The lowest BCUT2D eigenvalue weighted by Gasteiger charge is -1.96. The van der Waals surface area contributed by atoms with E-state index in [0.717, 1.165) is 5.13 Å².